The molecule has 65 heavy (non-hydrogen) atoms. The van der Waals surface area contributed by atoms with Crippen LogP contribution >= 0.6 is 0 Å². The molecule has 0 saturated carbocycles. The zero-order valence-corrected chi connectivity index (χ0v) is 34.9. The fraction of sp³-hybridized carbons (Fsp3) is 0.409. The lowest BCUT2D eigenvalue weighted by Crippen LogP contribution is -2.38. The number of rotatable bonds is 6. The number of amides is 1. The van der Waals surface area contributed by atoms with Crippen LogP contribution in [0.15, 0.2) is 60.9 Å². The molecule has 13 nitrogen and oxygen atoms in total. The summed E-state index contributed by atoms with van der Waals surface area (Å²) in [5.41, 5.74) is 4.83. The van der Waals surface area contributed by atoms with Crippen molar-refractivity contribution in [1.82, 2.24) is 39.1 Å². The fourth-order valence-corrected chi connectivity index (χ4v) is 8.86. The molecule has 0 fully saturated rings. The van der Waals surface area contributed by atoms with Gasteiger partial charge in [0.1, 0.15) is 24.7 Å². The molecule has 21 heteroatoms. The monoisotopic (exact) mass is 912 g/mol. The predicted octanol–water partition coefficient (Wildman–Crippen LogP) is 8.32. The number of aliphatic carboxylic acids is 1. The maximum absolute atomic E-state index is 13.5. The van der Waals surface area contributed by atoms with Gasteiger partial charge in [-0.3, -0.25) is 19.0 Å². The van der Waals surface area contributed by atoms with E-state index in [1.807, 2.05) is 10.9 Å². The topological polar surface area (TPSA) is 141 Å². The molecule has 2 N–H and O–H groups in total. The van der Waals surface area contributed by atoms with Crippen molar-refractivity contribution in [1.29, 1.82) is 0 Å². The molecule has 2 aliphatic heterocycles. The maximum atomic E-state index is 13.5. The molecule has 0 spiro atoms. The number of carboxylic acids is 1. The van der Waals surface area contributed by atoms with Gasteiger partial charge in [0.2, 0.25) is 5.91 Å². The Labute approximate surface area is 366 Å². The van der Waals surface area contributed by atoms with Gasteiger partial charge in [-0.2, -0.15) is 46.7 Å². The highest BCUT2D eigenvalue weighted by molar-refractivity contribution is 5.94. The van der Waals surface area contributed by atoms with Crippen LogP contribution in [0.1, 0.15) is 83.8 Å². The van der Waals surface area contributed by atoms with E-state index in [1.54, 1.807) is 40.0 Å². The van der Waals surface area contributed by atoms with Gasteiger partial charge in [0.25, 0.3) is 0 Å². The Morgan fingerprint density at radius 2 is 1.08 bits per heavy atom. The number of carbonyl (C=O) groups excluding carboxylic acids is 1. The van der Waals surface area contributed by atoms with E-state index in [0.717, 1.165) is 54.0 Å². The van der Waals surface area contributed by atoms with Crippen LogP contribution in [0.25, 0.3) is 11.4 Å². The minimum atomic E-state index is -4.54. The molecule has 10 rings (SSSR count). The van der Waals surface area contributed by atoms with Gasteiger partial charge in [-0.15, -0.1) is 0 Å². The molecule has 0 unspecified atom stereocenters. The Morgan fingerprint density at radius 1 is 0.600 bits per heavy atom. The average Bonchev–Trinajstić information content (AvgIpc) is 4.08. The highest BCUT2D eigenvalue weighted by Crippen LogP contribution is 2.38. The first-order valence-electron chi connectivity index (χ1n) is 21.3. The molecule has 2 aliphatic carbocycles. The van der Waals surface area contributed by atoms with Crippen LogP contribution in [0, 0.1) is 11.6 Å². The lowest BCUT2D eigenvalue weighted by atomic mass is 9.95. The van der Waals surface area contributed by atoms with Gasteiger partial charge in [0, 0.05) is 35.6 Å². The number of carbonyl (C=O) groups is 2. The number of nitrogens with one attached hydrogen (secondary N) is 1. The standard InChI is InChI=1S/C22H21F4N5O.C12H12FN3.C10H11F3N2O2/c23-14-7-9-15(10-8-14)31-18-6-3-11-29(19(18)12-27-31)20(32)13-30-17-5-2-1-4-16(17)21(28-30)22(24,25)26;13-9-3-5-10(6-4-9)16-12-2-1-7-14-11(12)8-15-16;11-10(12,13)9-6-3-1-2-4-7(6)15(14-9)5-8(16)17/h7-10,12H,1-6,11,13H2;3-6,8,14H,1-2,7H2;1-5H2,(H,16,17). The van der Waals surface area contributed by atoms with Crippen molar-refractivity contribution in [2.24, 2.45) is 0 Å². The zero-order chi connectivity index (χ0) is 46.0. The van der Waals surface area contributed by atoms with E-state index in [4.69, 9.17) is 5.11 Å². The highest BCUT2D eigenvalue weighted by atomic mass is 19.4. The number of aromatic nitrogens is 8. The second-order valence-corrected chi connectivity index (χ2v) is 16.1. The molecule has 4 aromatic heterocycles. The van der Waals surface area contributed by atoms with Gasteiger partial charge in [-0.25, -0.2) is 18.1 Å². The largest absolute Gasteiger partial charge is 0.480 e. The van der Waals surface area contributed by atoms with Crippen molar-refractivity contribution in [3.8, 4) is 11.4 Å². The molecule has 4 aliphatic rings. The lowest BCUT2D eigenvalue weighted by molar-refractivity contribution is -0.143. The Hall–Kier alpha value is -6.54. The number of hydrogen-bond acceptors (Lipinski definition) is 7. The number of halogens is 8. The predicted molar refractivity (Wildman–Crippen MR) is 220 cm³/mol. The Bertz CT molecular complexity index is 2660. The Morgan fingerprint density at radius 3 is 1.62 bits per heavy atom. The first kappa shape index (κ1) is 45.0. The molecular formula is C44H44F8N10O3. The number of fused-ring (bicyclic) bond motifs is 4. The molecular weight excluding hydrogens is 869 g/mol. The molecule has 0 radical (unpaired) electrons. The molecule has 0 saturated heterocycles. The summed E-state index contributed by atoms with van der Waals surface area (Å²) in [6.07, 6.45) is 2.40. The van der Waals surface area contributed by atoms with Crippen molar-refractivity contribution >= 4 is 23.3 Å². The highest BCUT2D eigenvalue weighted by Gasteiger charge is 2.41. The van der Waals surface area contributed by atoms with E-state index in [-0.39, 0.29) is 35.2 Å². The van der Waals surface area contributed by atoms with Crippen molar-refractivity contribution in [3.05, 3.63) is 118 Å². The minimum absolute atomic E-state index is 0.171. The molecule has 344 valence electrons. The van der Waals surface area contributed by atoms with E-state index in [2.05, 4.69) is 25.7 Å². The van der Waals surface area contributed by atoms with Crippen LogP contribution in [0.4, 0.5) is 46.5 Å². The number of anilines is 2. The lowest BCUT2D eigenvalue weighted by Gasteiger charge is -2.27. The van der Waals surface area contributed by atoms with Gasteiger partial charge < -0.3 is 15.3 Å². The third kappa shape index (κ3) is 9.78. The minimum Gasteiger partial charge on any atom is -0.480 e. The van der Waals surface area contributed by atoms with Gasteiger partial charge >= 0.3 is 18.3 Å². The normalized spacial score (nSPS) is 15.5. The van der Waals surface area contributed by atoms with Gasteiger partial charge in [-0.05, 0) is 126 Å². The zero-order valence-electron chi connectivity index (χ0n) is 34.9. The SMILES string of the molecule is Fc1ccc(-n2ncc3c2CCCN3)cc1.O=C(Cn1nc(C(F)(F)F)c2c1CCCC2)N1CCCc2c1cnn2-c1ccc(F)cc1.O=C(O)Cn1nc(C(F)(F)F)c2c1CCCC2. The van der Waals surface area contributed by atoms with Gasteiger partial charge in [-0.1, -0.05) is 0 Å². The van der Waals surface area contributed by atoms with Crippen molar-refractivity contribution in [2.45, 2.75) is 102 Å². The number of hydrogen-bond donors (Lipinski definition) is 2. The third-order valence-electron chi connectivity index (χ3n) is 11.8. The Balaban J connectivity index is 0.000000147. The first-order chi connectivity index (χ1) is 31.1. The van der Waals surface area contributed by atoms with Crippen LogP contribution in [0.2, 0.25) is 0 Å². The van der Waals surface area contributed by atoms with E-state index in [1.165, 1.54) is 34.6 Å². The van der Waals surface area contributed by atoms with Crippen LogP contribution in [0.5, 0.6) is 0 Å². The summed E-state index contributed by atoms with van der Waals surface area (Å²) in [6, 6.07) is 12.3. The van der Waals surface area contributed by atoms with E-state index >= 15 is 0 Å². The van der Waals surface area contributed by atoms with Gasteiger partial charge in [0.05, 0.1) is 46.5 Å². The molecule has 6 heterocycles. The quantitative estimate of drug-likeness (QED) is 0.159. The van der Waals surface area contributed by atoms with E-state index < -0.39 is 36.3 Å². The average molecular weight is 913 g/mol. The van der Waals surface area contributed by atoms with Gasteiger partial charge in [0.15, 0.2) is 11.4 Å². The summed E-state index contributed by atoms with van der Waals surface area (Å²) in [5.74, 6) is -2.08. The van der Waals surface area contributed by atoms with E-state index in [9.17, 15) is 44.7 Å². The second-order valence-electron chi connectivity index (χ2n) is 16.1. The molecule has 0 bridgehead atoms. The smallest absolute Gasteiger partial charge is 0.435 e. The number of nitrogens with zero attached hydrogens (tertiary/aromatic N) is 9. The summed E-state index contributed by atoms with van der Waals surface area (Å²) in [4.78, 5) is 25.3. The summed E-state index contributed by atoms with van der Waals surface area (Å²) < 4.78 is 110. The van der Waals surface area contributed by atoms with Crippen molar-refractivity contribution in [2.75, 3.05) is 23.3 Å². The molecule has 0 atom stereocenters. The summed E-state index contributed by atoms with van der Waals surface area (Å²) in [6.45, 7) is 0.691. The van der Waals surface area contributed by atoms with Crippen molar-refractivity contribution < 1.29 is 49.8 Å². The third-order valence-corrected chi connectivity index (χ3v) is 11.8. The fourth-order valence-electron chi connectivity index (χ4n) is 8.86. The summed E-state index contributed by atoms with van der Waals surface area (Å²) in [5, 5.41) is 27.9. The second kappa shape index (κ2) is 18.5. The summed E-state index contributed by atoms with van der Waals surface area (Å²) in [7, 11) is 0. The summed E-state index contributed by atoms with van der Waals surface area (Å²) >= 11 is 0. The molecule has 6 aromatic rings. The number of carboxylic acid groups (broad SMARTS) is 1. The number of alkyl halides is 6. The van der Waals surface area contributed by atoms with Crippen LogP contribution in [-0.2, 0) is 73.6 Å². The first-order valence-corrected chi connectivity index (χ1v) is 21.3. The maximum Gasteiger partial charge on any atom is 0.435 e. The van der Waals surface area contributed by atoms with Crippen molar-refractivity contribution in [3.63, 3.8) is 0 Å². The van der Waals surface area contributed by atoms with Crippen LogP contribution in [0.3, 0.4) is 0 Å². The molecule has 1 amide bonds. The Kier molecular flexibility index (Phi) is 12.8. The molecule has 2 aromatic carbocycles. The van der Waals surface area contributed by atoms with E-state index in [0.29, 0.717) is 80.7 Å². The van der Waals surface area contributed by atoms with Crippen LogP contribution < -0.4 is 10.2 Å². The van der Waals surface area contributed by atoms with Crippen LogP contribution in [-0.4, -0.2) is 69.2 Å². The number of benzene rings is 2.